The molecule has 3 rings (SSSR count). The van der Waals surface area contributed by atoms with E-state index in [9.17, 15) is 4.79 Å². The summed E-state index contributed by atoms with van der Waals surface area (Å²) in [7, 11) is 0. The number of fused-ring (bicyclic) bond motifs is 1. The molecule has 0 spiro atoms. The van der Waals surface area contributed by atoms with Crippen LogP contribution >= 0.6 is 0 Å². The molecule has 2 aromatic rings. The molecule has 0 aromatic heterocycles. The Balaban J connectivity index is 1.75. The highest BCUT2D eigenvalue weighted by Gasteiger charge is 2.41. The van der Waals surface area contributed by atoms with Gasteiger partial charge in [-0.3, -0.25) is 0 Å². The number of allylic oxidation sites excluding steroid dienone is 1. The molecule has 0 unspecified atom stereocenters. The van der Waals surface area contributed by atoms with Crippen molar-refractivity contribution in [1.29, 1.82) is 0 Å². The minimum Gasteiger partial charge on any atom is -0.478 e. The van der Waals surface area contributed by atoms with Crippen molar-refractivity contribution in [1.82, 2.24) is 0 Å². The molecule has 1 aliphatic carbocycles. The molecule has 25 heavy (non-hydrogen) atoms. The number of benzene rings is 2. The first-order chi connectivity index (χ1) is 11.7. The molecule has 1 aliphatic rings. The molecule has 2 nitrogen and oxygen atoms in total. The second-order valence-corrected chi connectivity index (χ2v) is 8.36. The monoisotopic (exact) mass is 334 g/mol. The fraction of sp³-hybridized carbons (Fsp3) is 0.348. The fourth-order valence-electron chi connectivity index (χ4n) is 4.23. The Kier molecular flexibility index (Phi) is 4.32. The van der Waals surface area contributed by atoms with E-state index in [1.165, 1.54) is 23.1 Å². The van der Waals surface area contributed by atoms with Crippen molar-refractivity contribution in [2.24, 2.45) is 0 Å². The molecule has 0 saturated heterocycles. The predicted molar refractivity (Wildman–Crippen MR) is 103 cm³/mol. The van der Waals surface area contributed by atoms with Crippen LogP contribution in [0.5, 0.6) is 0 Å². The van der Waals surface area contributed by atoms with Gasteiger partial charge in [-0.25, -0.2) is 4.79 Å². The number of hydrogen-bond donors (Lipinski definition) is 1. The van der Waals surface area contributed by atoms with Crippen molar-refractivity contribution in [3.8, 4) is 0 Å². The van der Waals surface area contributed by atoms with Crippen LogP contribution in [0, 0.1) is 0 Å². The van der Waals surface area contributed by atoms with Crippen LogP contribution in [0.15, 0.2) is 48.5 Å². The first-order valence-electron chi connectivity index (χ1n) is 8.83. The number of carbonyl (C=O) groups is 1. The SMILES string of the molecule is CC1(C)CC(C)(C)c2cc(CC=Cc3ccc(C(=O)O)cc3)ccc21. The molecule has 0 amide bonds. The van der Waals surface area contributed by atoms with Crippen LogP contribution in [0.4, 0.5) is 0 Å². The maximum absolute atomic E-state index is 10.9. The average Bonchev–Trinajstić information content (AvgIpc) is 2.72. The van der Waals surface area contributed by atoms with Crippen molar-refractivity contribution in [3.63, 3.8) is 0 Å². The highest BCUT2D eigenvalue weighted by atomic mass is 16.4. The highest BCUT2D eigenvalue weighted by Crippen LogP contribution is 2.49. The molecule has 0 fully saturated rings. The predicted octanol–water partition coefficient (Wildman–Crippen LogP) is 5.60. The van der Waals surface area contributed by atoms with Crippen LogP contribution in [-0.2, 0) is 17.3 Å². The number of aromatic carboxylic acids is 1. The van der Waals surface area contributed by atoms with Gasteiger partial charge in [-0.05, 0) is 58.1 Å². The van der Waals surface area contributed by atoms with Crippen LogP contribution in [0.25, 0.3) is 6.08 Å². The maximum atomic E-state index is 10.9. The van der Waals surface area contributed by atoms with Gasteiger partial charge < -0.3 is 5.11 Å². The topological polar surface area (TPSA) is 37.3 Å². The van der Waals surface area contributed by atoms with Gasteiger partial charge in [0.1, 0.15) is 0 Å². The number of carboxylic acid groups (broad SMARTS) is 1. The summed E-state index contributed by atoms with van der Waals surface area (Å²) < 4.78 is 0. The highest BCUT2D eigenvalue weighted by molar-refractivity contribution is 5.87. The Morgan fingerprint density at radius 2 is 1.64 bits per heavy atom. The zero-order valence-corrected chi connectivity index (χ0v) is 15.5. The lowest BCUT2D eigenvalue weighted by Crippen LogP contribution is -2.17. The van der Waals surface area contributed by atoms with Crippen molar-refractivity contribution < 1.29 is 9.90 Å². The molecule has 1 N–H and O–H groups in total. The maximum Gasteiger partial charge on any atom is 0.335 e. The normalized spacial score (nSPS) is 17.6. The van der Waals surface area contributed by atoms with E-state index in [2.05, 4.69) is 52.0 Å². The molecule has 0 bridgehead atoms. The van der Waals surface area contributed by atoms with Crippen LogP contribution in [-0.4, -0.2) is 11.1 Å². The van der Waals surface area contributed by atoms with Gasteiger partial charge in [-0.2, -0.15) is 0 Å². The lowest BCUT2D eigenvalue weighted by molar-refractivity contribution is 0.0697. The molecule has 2 aromatic carbocycles. The van der Waals surface area contributed by atoms with Gasteiger partial charge in [0.2, 0.25) is 0 Å². The minimum absolute atomic E-state index is 0.227. The van der Waals surface area contributed by atoms with Gasteiger partial charge in [0.05, 0.1) is 5.56 Å². The fourth-order valence-corrected chi connectivity index (χ4v) is 4.23. The molecule has 130 valence electrons. The average molecular weight is 334 g/mol. The molecule has 0 saturated carbocycles. The second-order valence-electron chi connectivity index (χ2n) is 8.36. The second kappa shape index (κ2) is 6.18. The smallest absolute Gasteiger partial charge is 0.335 e. The first-order valence-corrected chi connectivity index (χ1v) is 8.83. The number of hydrogen-bond acceptors (Lipinski definition) is 1. The van der Waals surface area contributed by atoms with E-state index in [4.69, 9.17) is 5.11 Å². The quantitative estimate of drug-likeness (QED) is 0.790. The van der Waals surface area contributed by atoms with Gasteiger partial charge in [-0.15, -0.1) is 0 Å². The first kappa shape index (κ1) is 17.5. The van der Waals surface area contributed by atoms with Crippen molar-refractivity contribution >= 4 is 12.0 Å². The summed E-state index contributed by atoms with van der Waals surface area (Å²) in [5.74, 6) is -0.890. The molecule has 0 aliphatic heterocycles. The lowest BCUT2D eigenvalue weighted by atomic mass is 9.82. The van der Waals surface area contributed by atoms with E-state index < -0.39 is 5.97 Å². The Morgan fingerprint density at radius 1 is 1.00 bits per heavy atom. The van der Waals surface area contributed by atoms with Gasteiger partial charge in [-0.1, -0.05) is 70.2 Å². The Bertz CT molecular complexity index is 824. The summed E-state index contributed by atoms with van der Waals surface area (Å²) in [5.41, 5.74) is 6.10. The molecule has 0 heterocycles. The van der Waals surface area contributed by atoms with Gasteiger partial charge in [0, 0.05) is 0 Å². The van der Waals surface area contributed by atoms with E-state index in [0.717, 1.165) is 12.0 Å². The summed E-state index contributed by atoms with van der Waals surface area (Å²) >= 11 is 0. The van der Waals surface area contributed by atoms with E-state index in [1.54, 1.807) is 12.1 Å². The molecular formula is C23H26O2. The van der Waals surface area contributed by atoms with Crippen LogP contribution in [0.1, 0.15) is 66.7 Å². The number of carboxylic acids is 1. The van der Waals surface area contributed by atoms with Crippen LogP contribution < -0.4 is 0 Å². The largest absolute Gasteiger partial charge is 0.478 e. The molecule has 0 radical (unpaired) electrons. The molecular weight excluding hydrogens is 308 g/mol. The van der Waals surface area contributed by atoms with Gasteiger partial charge in [0.15, 0.2) is 0 Å². The van der Waals surface area contributed by atoms with Crippen molar-refractivity contribution in [2.75, 3.05) is 0 Å². The van der Waals surface area contributed by atoms with E-state index in [1.807, 2.05) is 18.2 Å². The zero-order chi connectivity index (χ0) is 18.2. The third-order valence-corrected chi connectivity index (χ3v) is 5.25. The summed E-state index contributed by atoms with van der Waals surface area (Å²) in [5, 5.41) is 8.94. The van der Waals surface area contributed by atoms with Gasteiger partial charge >= 0.3 is 5.97 Å². The molecule has 0 atom stereocenters. The van der Waals surface area contributed by atoms with E-state index in [0.29, 0.717) is 5.56 Å². The minimum atomic E-state index is -0.890. The summed E-state index contributed by atoms with van der Waals surface area (Å²) in [6.45, 7) is 9.34. The summed E-state index contributed by atoms with van der Waals surface area (Å²) in [6.07, 6.45) is 6.26. The Labute approximate surface area is 150 Å². The Hall–Kier alpha value is -2.35. The lowest BCUT2D eigenvalue weighted by Gasteiger charge is -2.22. The van der Waals surface area contributed by atoms with Crippen molar-refractivity contribution in [2.45, 2.75) is 51.4 Å². The summed E-state index contributed by atoms with van der Waals surface area (Å²) in [4.78, 5) is 10.9. The van der Waals surface area contributed by atoms with Gasteiger partial charge in [0.25, 0.3) is 0 Å². The van der Waals surface area contributed by atoms with E-state index in [-0.39, 0.29) is 10.8 Å². The van der Waals surface area contributed by atoms with Crippen LogP contribution in [0.2, 0.25) is 0 Å². The van der Waals surface area contributed by atoms with Crippen molar-refractivity contribution in [3.05, 3.63) is 76.4 Å². The third kappa shape index (κ3) is 3.53. The Morgan fingerprint density at radius 3 is 2.28 bits per heavy atom. The van der Waals surface area contributed by atoms with E-state index >= 15 is 0 Å². The third-order valence-electron chi connectivity index (χ3n) is 5.25. The summed E-state index contributed by atoms with van der Waals surface area (Å²) in [6, 6.07) is 13.9. The number of rotatable bonds is 4. The van der Waals surface area contributed by atoms with Crippen LogP contribution in [0.3, 0.4) is 0 Å². The zero-order valence-electron chi connectivity index (χ0n) is 15.5. The molecule has 2 heteroatoms. The standard InChI is InChI=1S/C23H26O2/c1-22(2)15-23(3,4)20-14-17(10-13-19(20)22)7-5-6-16-8-11-18(12-9-16)21(24)25/h5-6,8-14H,7,15H2,1-4H3,(H,24,25).